The molecule has 4 aliphatic carbocycles. The van der Waals surface area contributed by atoms with Gasteiger partial charge in [0.05, 0.1) is 12.2 Å². The van der Waals surface area contributed by atoms with Gasteiger partial charge < -0.3 is 10.2 Å². The van der Waals surface area contributed by atoms with E-state index in [0.717, 1.165) is 32.1 Å². The van der Waals surface area contributed by atoms with Crippen molar-refractivity contribution in [2.24, 2.45) is 52.3 Å². The number of nitrogens with zero attached hydrogens (tertiary/aromatic N) is 1. The molecule has 4 aliphatic rings. The molecular formula is C27H44N2O4. The molecule has 4 fully saturated rings. The van der Waals surface area contributed by atoms with Crippen molar-refractivity contribution in [1.82, 2.24) is 10.1 Å². The Kier molecular flexibility index (Phi) is 6.09. The van der Waals surface area contributed by atoms with E-state index in [-0.39, 0.29) is 23.0 Å². The first-order valence-electron chi connectivity index (χ1n) is 13.6. The van der Waals surface area contributed by atoms with E-state index < -0.39 is 5.76 Å². The van der Waals surface area contributed by atoms with Crippen molar-refractivity contribution in [3.05, 3.63) is 16.4 Å². The number of aliphatic hydroxyl groups excluding tert-OH is 2. The van der Waals surface area contributed by atoms with Crippen molar-refractivity contribution < 1.29 is 14.7 Å². The molecule has 1 aromatic heterocycles. The number of fused-ring (bicyclic) bond motifs is 5. The summed E-state index contributed by atoms with van der Waals surface area (Å²) < 4.78 is 4.67. The monoisotopic (exact) mass is 460 g/mol. The highest BCUT2D eigenvalue weighted by Gasteiger charge is 2.64. The zero-order valence-corrected chi connectivity index (χ0v) is 20.9. The normalized spacial score (nSPS) is 48.1. The predicted octanol–water partition coefficient (Wildman–Crippen LogP) is 4.56. The second kappa shape index (κ2) is 8.51. The van der Waals surface area contributed by atoms with Crippen LogP contribution in [0, 0.1) is 52.3 Å². The molecule has 0 saturated heterocycles. The van der Waals surface area contributed by atoms with Gasteiger partial charge in [-0.1, -0.05) is 39.3 Å². The lowest BCUT2D eigenvalue weighted by molar-refractivity contribution is -0.189. The first-order chi connectivity index (χ1) is 15.7. The van der Waals surface area contributed by atoms with Gasteiger partial charge in [0.25, 0.3) is 0 Å². The Morgan fingerprint density at radius 3 is 2.61 bits per heavy atom. The number of rotatable bonds is 5. The molecule has 0 bridgehead atoms. The molecule has 186 valence electrons. The third-order valence-corrected chi connectivity index (χ3v) is 11.5. The molecule has 3 N–H and O–H groups in total. The largest absolute Gasteiger partial charge is 0.438 e. The van der Waals surface area contributed by atoms with Crippen molar-refractivity contribution >= 4 is 0 Å². The van der Waals surface area contributed by atoms with Crippen LogP contribution in [-0.2, 0) is 6.42 Å². The Labute approximate surface area is 197 Å². The van der Waals surface area contributed by atoms with Gasteiger partial charge in [-0.2, -0.15) is 0 Å². The fraction of sp³-hybridized carbons (Fsp3) is 0.926. The Hall–Kier alpha value is -1.14. The van der Waals surface area contributed by atoms with Crippen LogP contribution in [0.4, 0.5) is 0 Å². The van der Waals surface area contributed by atoms with Crippen LogP contribution < -0.4 is 5.76 Å². The van der Waals surface area contributed by atoms with Crippen molar-refractivity contribution in [1.29, 1.82) is 0 Å². The number of aromatic amines is 1. The van der Waals surface area contributed by atoms with E-state index in [2.05, 4.69) is 42.4 Å². The number of hydrogen-bond acceptors (Lipinski definition) is 5. The van der Waals surface area contributed by atoms with Gasteiger partial charge in [0.15, 0.2) is 5.82 Å². The highest BCUT2D eigenvalue weighted by Crippen LogP contribution is 2.69. The van der Waals surface area contributed by atoms with Crippen LogP contribution in [0.3, 0.4) is 0 Å². The van der Waals surface area contributed by atoms with Gasteiger partial charge in [-0.3, -0.25) is 9.51 Å². The summed E-state index contributed by atoms with van der Waals surface area (Å²) in [6.07, 6.45) is 10.1. The highest BCUT2D eigenvalue weighted by atomic mass is 16.5. The van der Waals surface area contributed by atoms with Crippen LogP contribution in [0.25, 0.3) is 0 Å². The van der Waals surface area contributed by atoms with E-state index in [1.807, 2.05) is 0 Å². The molecule has 0 aromatic carbocycles. The average molecular weight is 461 g/mol. The Bertz CT molecular complexity index is 897. The first kappa shape index (κ1) is 23.6. The zero-order valence-electron chi connectivity index (χ0n) is 20.9. The van der Waals surface area contributed by atoms with Gasteiger partial charge in [-0.25, -0.2) is 4.79 Å². The number of aryl methyl sites for hydroxylation is 1. The summed E-state index contributed by atoms with van der Waals surface area (Å²) >= 11 is 0. The molecule has 33 heavy (non-hydrogen) atoms. The fourth-order valence-electron chi connectivity index (χ4n) is 9.79. The average Bonchev–Trinajstić information content (AvgIpc) is 3.37. The van der Waals surface area contributed by atoms with E-state index in [9.17, 15) is 15.0 Å². The topological polar surface area (TPSA) is 99.4 Å². The molecule has 4 saturated carbocycles. The number of hydrogen-bond donors (Lipinski definition) is 3. The maximum Gasteiger partial charge on any atom is 0.438 e. The van der Waals surface area contributed by atoms with Crippen molar-refractivity contribution in [2.75, 3.05) is 0 Å². The first-order valence-corrected chi connectivity index (χ1v) is 13.6. The van der Waals surface area contributed by atoms with Gasteiger partial charge in [0.2, 0.25) is 0 Å². The van der Waals surface area contributed by atoms with Gasteiger partial charge in [0, 0.05) is 6.42 Å². The lowest BCUT2D eigenvalue weighted by Gasteiger charge is -2.64. The van der Waals surface area contributed by atoms with E-state index in [1.54, 1.807) is 0 Å². The molecule has 4 unspecified atom stereocenters. The fourth-order valence-corrected chi connectivity index (χ4v) is 9.79. The molecule has 6 heteroatoms. The zero-order chi connectivity index (χ0) is 23.5. The van der Waals surface area contributed by atoms with Crippen LogP contribution in [0.5, 0.6) is 0 Å². The number of aromatic nitrogens is 2. The van der Waals surface area contributed by atoms with E-state index in [1.165, 1.54) is 25.7 Å². The Morgan fingerprint density at radius 2 is 1.91 bits per heavy atom. The Balaban J connectivity index is 1.38. The standard InChI is InChI=1S/C27H44N2O4/c1-5-16-12-18-20-8-7-19(15(2)6-9-24-28-25(32)33-29-24)27(20,4)23(31)14-22(18)26(3)11-10-17(30)13-21(16)26/h15-23,30-31H,5-14H2,1-4H3,(H,28,29,32)/t15-,16+,17-,18?,19?,20?,21+,22?,23+,26+,27-/m1/s1. The molecule has 5 rings (SSSR count). The van der Waals surface area contributed by atoms with Crippen LogP contribution in [-0.4, -0.2) is 32.6 Å². The van der Waals surface area contributed by atoms with Gasteiger partial charge in [-0.15, -0.1) is 0 Å². The van der Waals surface area contributed by atoms with Crippen LogP contribution in [0.15, 0.2) is 9.32 Å². The summed E-state index contributed by atoms with van der Waals surface area (Å²) in [5.41, 5.74) is 0.223. The SMILES string of the molecule is CC[C@H]1CC2C3CCC([C@H](C)CCc4noc(=O)[nH]4)[C@@]3(C)[C@@H](O)CC2[C@@]2(C)CC[C@@H](O)C[C@@H]12. The molecule has 0 amide bonds. The molecule has 0 spiro atoms. The molecule has 0 aliphatic heterocycles. The lowest BCUT2D eigenvalue weighted by Crippen LogP contribution is -2.60. The third kappa shape index (κ3) is 3.65. The van der Waals surface area contributed by atoms with Crippen LogP contribution >= 0.6 is 0 Å². The molecule has 11 atom stereocenters. The smallest absolute Gasteiger partial charge is 0.393 e. The summed E-state index contributed by atoms with van der Waals surface area (Å²) in [6, 6.07) is 0. The summed E-state index contributed by atoms with van der Waals surface area (Å²) in [4.78, 5) is 13.9. The molecule has 6 nitrogen and oxygen atoms in total. The van der Waals surface area contributed by atoms with Crippen molar-refractivity contribution in [2.45, 2.75) is 104 Å². The van der Waals surface area contributed by atoms with Crippen LogP contribution in [0.2, 0.25) is 0 Å². The van der Waals surface area contributed by atoms with E-state index in [0.29, 0.717) is 53.7 Å². The third-order valence-electron chi connectivity index (χ3n) is 11.5. The summed E-state index contributed by atoms with van der Waals surface area (Å²) in [5.74, 6) is 4.28. The van der Waals surface area contributed by atoms with Crippen molar-refractivity contribution in [3.8, 4) is 0 Å². The summed E-state index contributed by atoms with van der Waals surface area (Å²) in [5, 5.41) is 26.0. The number of nitrogens with one attached hydrogen (secondary N) is 1. The minimum Gasteiger partial charge on any atom is -0.393 e. The lowest BCUT2D eigenvalue weighted by atomic mass is 9.41. The van der Waals surface area contributed by atoms with Gasteiger partial charge in [-0.05, 0) is 104 Å². The number of aliphatic hydroxyl groups is 2. The minimum atomic E-state index is -0.482. The summed E-state index contributed by atoms with van der Waals surface area (Å²) in [7, 11) is 0. The molecule has 1 heterocycles. The van der Waals surface area contributed by atoms with Crippen molar-refractivity contribution in [3.63, 3.8) is 0 Å². The molecule has 0 radical (unpaired) electrons. The minimum absolute atomic E-state index is 0.0342. The Morgan fingerprint density at radius 1 is 1.12 bits per heavy atom. The quantitative estimate of drug-likeness (QED) is 0.598. The second-order valence-corrected chi connectivity index (χ2v) is 12.7. The van der Waals surface area contributed by atoms with Gasteiger partial charge >= 0.3 is 5.76 Å². The van der Waals surface area contributed by atoms with E-state index >= 15 is 0 Å². The van der Waals surface area contributed by atoms with Crippen LogP contribution in [0.1, 0.15) is 91.3 Å². The van der Waals surface area contributed by atoms with Gasteiger partial charge in [0.1, 0.15) is 0 Å². The highest BCUT2D eigenvalue weighted by molar-refractivity contribution is 5.13. The van der Waals surface area contributed by atoms with E-state index in [4.69, 9.17) is 0 Å². The summed E-state index contributed by atoms with van der Waals surface area (Å²) in [6.45, 7) is 9.57. The molecular weight excluding hydrogens is 416 g/mol. The maximum absolute atomic E-state index is 11.7. The number of H-pyrrole nitrogens is 1. The maximum atomic E-state index is 11.7. The predicted molar refractivity (Wildman–Crippen MR) is 126 cm³/mol. The molecule has 1 aromatic rings. The second-order valence-electron chi connectivity index (χ2n) is 12.7.